The van der Waals surface area contributed by atoms with Crippen LogP contribution in [0, 0.1) is 5.92 Å². The van der Waals surface area contributed by atoms with Gasteiger partial charge in [0.25, 0.3) is 5.97 Å². The minimum atomic E-state index is -2.35. The number of fused-ring (bicyclic) bond motifs is 15. The molecule has 37 heteroatoms. The number of aliphatic hydroxyl groups is 5. The summed E-state index contributed by atoms with van der Waals surface area (Å²) in [5, 5.41) is 125. The number of ketones is 1. The lowest BCUT2D eigenvalue weighted by molar-refractivity contribution is -0.277. The number of carboxylic acid groups (broad SMARTS) is 2. The highest BCUT2D eigenvalue weighted by atomic mass is 35.5. The van der Waals surface area contributed by atoms with Crippen LogP contribution in [0.2, 0.25) is 10.0 Å². The Morgan fingerprint density at radius 2 is 1.30 bits per heavy atom. The number of carboxylic acids is 2. The molecular formula is C68H77Cl2N9O26. The highest BCUT2D eigenvalue weighted by Gasteiger charge is 2.49. The van der Waals surface area contributed by atoms with E-state index in [2.05, 4.69) is 37.2 Å². The molecular weight excluding hydrogens is 1430 g/mol. The number of hydrogen-bond acceptors (Lipinski definition) is 26. The highest BCUT2D eigenvalue weighted by Crippen LogP contribution is 2.50. The Morgan fingerprint density at radius 1 is 0.705 bits per heavy atom. The zero-order valence-corrected chi connectivity index (χ0v) is 58.1. The van der Waals surface area contributed by atoms with E-state index in [1.807, 2.05) is 13.8 Å². The summed E-state index contributed by atoms with van der Waals surface area (Å²) in [6.45, 7) is 6.48. The third-order valence-corrected chi connectivity index (χ3v) is 18.1. The van der Waals surface area contributed by atoms with Crippen LogP contribution < -0.4 is 62.9 Å². The zero-order valence-electron chi connectivity index (χ0n) is 56.6. The van der Waals surface area contributed by atoms with Gasteiger partial charge in [0.1, 0.15) is 102 Å². The number of aliphatic carboxylic acids is 2. The van der Waals surface area contributed by atoms with Crippen molar-refractivity contribution in [1.82, 2.24) is 37.2 Å². The van der Waals surface area contributed by atoms with Crippen molar-refractivity contribution in [3.05, 3.63) is 117 Å². The Labute approximate surface area is 606 Å². The minimum Gasteiger partial charge on any atom is -0.508 e. The molecule has 0 aliphatic carbocycles. The zero-order chi connectivity index (χ0) is 77.1. The normalized spacial score (nSPS) is 27.9. The van der Waals surface area contributed by atoms with Gasteiger partial charge in [-0.05, 0) is 110 Å². The third-order valence-electron chi connectivity index (χ3n) is 17.5. The second kappa shape index (κ2) is 32.6. The first-order chi connectivity index (χ1) is 49.4. The van der Waals surface area contributed by atoms with Crippen LogP contribution in [-0.4, -0.2) is 197 Å². The molecule has 11 bridgehead atoms. The van der Waals surface area contributed by atoms with Crippen molar-refractivity contribution in [3.8, 4) is 57.1 Å². The van der Waals surface area contributed by atoms with Gasteiger partial charge in [0, 0.05) is 36.1 Å². The van der Waals surface area contributed by atoms with E-state index >= 15 is 19.2 Å². The van der Waals surface area contributed by atoms with E-state index in [4.69, 9.17) is 73.0 Å². The molecule has 105 heavy (non-hydrogen) atoms. The van der Waals surface area contributed by atoms with Gasteiger partial charge in [0.05, 0.1) is 34.7 Å². The molecule has 0 radical (unpaired) electrons. The molecule has 5 aromatic rings. The molecule has 0 unspecified atom stereocenters. The minimum absolute atomic E-state index is 0.0975. The summed E-state index contributed by atoms with van der Waals surface area (Å²) in [7, 11) is 1.47. The SMILES string of the molecule is CC(=O)O.CN[C@H](CC(C)C)C(=O)N[C@H]1C(=O)N[C@@H](CC(N)=O)C(=O)N[C@H]2C(=O)N[C@H]3C(=O)N[C@H](C(=O)N[C@H](C(=O)O)c4cc(O)cc(O)c4-c4cc3ccc4O)[C@H](O[C@H]3C[C@](C)(N)C(=O)[C@H](C)O3)c3ccc(c(Cl)c3)Oc3cc2cc(c3O[C@@H]2O[C@H](CO)[C@@H](O)[C@H](O)[C@H]2O)Oc2ccc(cc2Cl)[C@H]1O. The Hall–Kier alpha value is -10.0. The van der Waals surface area contributed by atoms with Crippen LogP contribution in [0.4, 0.5) is 0 Å². The van der Waals surface area contributed by atoms with Crippen molar-refractivity contribution in [3.63, 3.8) is 0 Å². The molecule has 17 atom stereocenters. The summed E-state index contributed by atoms with van der Waals surface area (Å²) >= 11 is 14.2. The van der Waals surface area contributed by atoms with Crippen molar-refractivity contribution in [2.24, 2.45) is 17.4 Å². The highest BCUT2D eigenvalue weighted by molar-refractivity contribution is 6.32. The molecule has 7 heterocycles. The number of rotatable bonds is 13. The van der Waals surface area contributed by atoms with E-state index in [-0.39, 0.29) is 39.8 Å². The van der Waals surface area contributed by atoms with Crippen LogP contribution in [0.5, 0.6) is 46.0 Å². The van der Waals surface area contributed by atoms with Gasteiger partial charge in [-0.1, -0.05) is 55.2 Å². The van der Waals surface area contributed by atoms with Crippen molar-refractivity contribution in [2.45, 2.75) is 157 Å². The summed E-state index contributed by atoms with van der Waals surface area (Å²) in [5.41, 5.74) is 7.78. The largest absolute Gasteiger partial charge is 0.508 e. The Kier molecular flexibility index (Phi) is 24.5. The topological polar surface area (TPSA) is 565 Å². The number of aliphatic hydroxyl groups excluding tert-OH is 5. The molecule has 0 saturated carbocycles. The standard InChI is InChI=1S/C66H73Cl2N9O24.C2H4O2/c1-23(2)12-34(71-5)58(88)76-49-51(83)26-7-10-38(32(67)14-26)97-40-16-28-17-41(56(40)101-65-54(86)53(85)52(84)42(22-78)99-65)98-39-11-8-27(15-33(39)68)55(100-44-21-66(4,70)57(87)24(3)96-44)50-63(93)75-48(64(94)95)31-18-29(79)19-37(81)45(31)30-13-25(6-9-36(30)80)46(60(90)77-50)74-61(91)47(28)73-59(89)35(20-43(69)82)72-62(49)92;1-2(3)4/h6-11,13-19,23-24,34-35,42,44,46-55,65,71,78-81,83-86H,12,20-22,70H2,1-5H3,(H2,69,82)(H,72,92)(H,73,89)(H,74,91)(H,75,93)(H,76,88)(H,77,90)(H,94,95);1H3,(H,3,4)/t24-,34+,35-,42+,44-,46+,47+,48-,49+,50-,51+,52+,53-,54+,55+,65-,66-;/m0./s1. The van der Waals surface area contributed by atoms with Crippen molar-refractivity contribution in [1.29, 1.82) is 0 Å². The molecule has 2 saturated heterocycles. The number of aromatic hydroxyl groups is 3. The predicted octanol–water partition coefficient (Wildman–Crippen LogP) is 0.405. The fourth-order valence-electron chi connectivity index (χ4n) is 12.4. The summed E-state index contributed by atoms with van der Waals surface area (Å²) in [4.78, 5) is 141. The maximum absolute atomic E-state index is 16.1. The first kappa shape index (κ1) is 79.1. The average Bonchev–Trinajstić information content (AvgIpc) is 0.766. The molecule has 12 rings (SSSR count). The van der Waals surface area contributed by atoms with Gasteiger partial charge in [-0.15, -0.1) is 0 Å². The number of benzene rings is 5. The second-order valence-corrected chi connectivity index (χ2v) is 26.8. The van der Waals surface area contributed by atoms with E-state index < -0.39 is 249 Å². The average molecular weight is 1510 g/mol. The first-order valence-electron chi connectivity index (χ1n) is 32.4. The van der Waals surface area contributed by atoms with E-state index in [0.717, 1.165) is 67.6 Å². The number of carbonyl (C=O) groups excluding carboxylic acids is 8. The maximum Gasteiger partial charge on any atom is 0.330 e. The summed E-state index contributed by atoms with van der Waals surface area (Å²) in [6, 6.07) is -0.561. The molecule has 21 N–H and O–H groups in total. The molecule has 0 spiro atoms. The van der Waals surface area contributed by atoms with E-state index in [1.54, 1.807) is 0 Å². The van der Waals surface area contributed by atoms with Crippen molar-refractivity contribution in [2.75, 3.05) is 13.7 Å². The molecule has 5 aromatic carbocycles. The number of primary amides is 1. The number of halogens is 2. The van der Waals surface area contributed by atoms with Crippen LogP contribution in [0.3, 0.4) is 0 Å². The molecule has 0 aromatic heterocycles. The van der Waals surface area contributed by atoms with Gasteiger partial charge in [-0.25, -0.2) is 4.79 Å². The Morgan fingerprint density at radius 3 is 1.88 bits per heavy atom. The molecule has 2 fully saturated rings. The number of nitrogens with one attached hydrogen (secondary N) is 7. The van der Waals surface area contributed by atoms with Crippen LogP contribution in [0.1, 0.15) is 112 Å². The number of Topliss-reactive ketones (excluding diaryl/α,β-unsaturated/α-hetero) is 1. The van der Waals surface area contributed by atoms with Gasteiger partial charge in [-0.2, -0.15) is 0 Å². The number of hydrogen-bond donors (Lipinski definition) is 19. The predicted molar refractivity (Wildman–Crippen MR) is 362 cm³/mol. The first-order valence-corrected chi connectivity index (χ1v) is 33.2. The van der Waals surface area contributed by atoms with Crippen LogP contribution >= 0.6 is 23.2 Å². The monoisotopic (exact) mass is 1510 g/mol. The molecule has 7 aliphatic rings. The lowest BCUT2D eigenvalue weighted by Crippen LogP contribution is -2.60. The summed E-state index contributed by atoms with van der Waals surface area (Å²) in [6.07, 6.45) is -18.1. The van der Waals surface area contributed by atoms with E-state index in [0.29, 0.717) is 0 Å². The maximum atomic E-state index is 16.1. The van der Waals surface area contributed by atoms with Crippen LogP contribution in [0.15, 0.2) is 78.9 Å². The number of phenols is 3. The van der Waals surface area contributed by atoms with Gasteiger partial charge >= 0.3 is 5.97 Å². The van der Waals surface area contributed by atoms with Gasteiger partial charge in [0.2, 0.25) is 53.4 Å². The number of carbonyl (C=O) groups is 10. The summed E-state index contributed by atoms with van der Waals surface area (Å²) in [5.74, 6) is -17.5. The van der Waals surface area contributed by atoms with E-state index in [9.17, 15) is 69.9 Å². The Bertz CT molecular complexity index is 4240. The summed E-state index contributed by atoms with van der Waals surface area (Å²) < 4.78 is 37.8. The lowest BCUT2D eigenvalue weighted by Gasteiger charge is -2.40. The second-order valence-electron chi connectivity index (χ2n) is 26.0. The molecule has 7 amide bonds. The number of amides is 7. The van der Waals surface area contributed by atoms with Crippen LogP contribution in [0.25, 0.3) is 11.1 Å². The third kappa shape index (κ3) is 17.7. The quantitative estimate of drug-likeness (QED) is 0.0759. The van der Waals surface area contributed by atoms with Gasteiger partial charge < -0.3 is 128 Å². The Balaban J connectivity index is 0.00000311. The van der Waals surface area contributed by atoms with Crippen LogP contribution in [-0.2, 0) is 62.2 Å². The van der Waals surface area contributed by atoms with Gasteiger partial charge in [0.15, 0.2) is 29.6 Å². The number of likely N-dealkylation sites (N-methyl/N-ethyl adjacent to an activating group) is 1. The van der Waals surface area contributed by atoms with Gasteiger partial charge in [-0.3, -0.25) is 43.2 Å². The fourth-order valence-corrected chi connectivity index (χ4v) is 12.8. The molecule has 35 nitrogen and oxygen atoms in total. The van der Waals surface area contributed by atoms with Crippen molar-refractivity contribution < 1.29 is 127 Å². The molecule has 7 aliphatic heterocycles. The number of ether oxygens (including phenoxy) is 6. The van der Waals surface area contributed by atoms with E-state index in [1.165, 1.54) is 39.1 Å². The van der Waals surface area contributed by atoms with Crippen molar-refractivity contribution >= 4 is 82.3 Å². The number of nitrogens with two attached hydrogens (primary N) is 2. The lowest BCUT2D eigenvalue weighted by atomic mass is 9.88. The number of phenolic OH excluding ortho intramolecular Hbond substituents is 3. The fraction of sp³-hybridized carbons (Fsp3) is 0.412. The smallest absolute Gasteiger partial charge is 0.330 e. The molecule has 564 valence electrons.